The zero-order valence-corrected chi connectivity index (χ0v) is 11.0. The SMILES string of the molecule is CCNCCS(=O)(=O)NCCc1nncn1C. The first-order chi connectivity index (χ1) is 8.05. The van der Waals surface area contributed by atoms with Gasteiger partial charge in [-0.2, -0.15) is 0 Å². The van der Waals surface area contributed by atoms with Crippen molar-refractivity contribution in [1.82, 2.24) is 24.8 Å². The molecule has 1 aromatic rings. The Labute approximate surface area is 102 Å². The molecule has 7 nitrogen and oxygen atoms in total. The molecule has 0 aliphatic rings. The van der Waals surface area contributed by atoms with E-state index in [1.807, 2.05) is 14.0 Å². The monoisotopic (exact) mass is 261 g/mol. The molecule has 17 heavy (non-hydrogen) atoms. The molecule has 0 aromatic carbocycles. The van der Waals surface area contributed by atoms with Crippen LogP contribution in [-0.4, -0.2) is 48.6 Å². The second-order valence-corrected chi connectivity index (χ2v) is 5.60. The standard InChI is InChI=1S/C9H19N5O2S/c1-3-10-6-7-17(15,16)12-5-4-9-13-11-8-14(9)2/h8,10,12H,3-7H2,1-2H3. The van der Waals surface area contributed by atoms with Crippen molar-refractivity contribution in [3.05, 3.63) is 12.2 Å². The predicted molar refractivity (Wildman–Crippen MR) is 65.0 cm³/mol. The Morgan fingerprint density at radius 2 is 2.18 bits per heavy atom. The smallest absolute Gasteiger partial charge is 0.212 e. The number of hydrogen-bond acceptors (Lipinski definition) is 5. The molecule has 0 radical (unpaired) electrons. The Bertz CT molecular complexity index is 428. The summed E-state index contributed by atoms with van der Waals surface area (Å²) in [5.74, 6) is 0.860. The first-order valence-electron chi connectivity index (χ1n) is 5.56. The van der Waals surface area contributed by atoms with Gasteiger partial charge < -0.3 is 9.88 Å². The lowest BCUT2D eigenvalue weighted by molar-refractivity contribution is 0.576. The molecule has 0 saturated carbocycles. The van der Waals surface area contributed by atoms with Crippen molar-refractivity contribution in [2.24, 2.45) is 7.05 Å². The fourth-order valence-electron chi connectivity index (χ4n) is 1.31. The number of nitrogens with zero attached hydrogens (tertiary/aromatic N) is 3. The summed E-state index contributed by atoms with van der Waals surface area (Å²) in [5, 5.41) is 10.6. The van der Waals surface area contributed by atoms with Gasteiger partial charge >= 0.3 is 0 Å². The van der Waals surface area contributed by atoms with E-state index >= 15 is 0 Å². The van der Waals surface area contributed by atoms with Gasteiger partial charge in [-0.25, -0.2) is 13.1 Å². The molecule has 0 aliphatic carbocycles. The molecule has 1 rings (SSSR count). The van der Waals surface area contributed by atoms with Crippen LogP contribution >= 0.6 is 0 Å². The third-order valence-corrected chi connectivity index (χ3v) is 3.66. The van der Waals surface area contributed by atoms with E-state index in [4.69, 9.17) is 0 Å². The topological polar surface area (TPSA) is 88.9 Å². The quantitative estimate of drug-likeness (QED) is 0.579. The van der Waals surface area contributed by atoms with Gasteiger partial charge in [-0.3, -0.25) is 0 Å². The van der Waals surface area contributed by atoms with Crippen LogP contribution < -0.4 is 10.0 Å². The van der Waals surface area contributed by atoms with E-state index in [1.54, 1.807) is 10.9 Å². The molecular weight excluding hydrogens is 242 g/mol. The fourth-order valence-corrected chi connectivity index (χ4v) is 2.28. The summed E-state index contributed by atoms with van der Waals surface area (Å²) in [6.07, 6.45) is 2.13. The van der Waals surface area contributed by atoms with Gasteiger partial charge in [-0.1, -0.05) is 6.92 Å². The van der Waals surface area contributed by atoms with Crippen LogP contribution in [0.5, 0.6) is 0 Å². The van der Waals surface area contributed by atoms with E-state index in [-0.39, 0.29) is 5.75 Å². The summed E-state index contributed by atoms with van der Waals surface area (Å²) in [5.41, 5.74) is 0. The molecule has 0 bridgehead atoms. The first-order valence-corrected chi connectivity index (χ1v) is 7.21. The number of hydrogen-bond donors (Lipinski definition) is 2. The van der Waals surface area contributed by atoms with Gasteiger partial charge in [-0.05, 0) is 6.54 Å². The lowest BCUT2D eigenvalue weighted by atomic mass is 10.4. The van der Waals surface area contributed by atoms with Gasteiger partial charge in [0.05, 0.1) is 5.75 Å². The zero-order chi connectivity index (χ0) is 12.7. The van der Waals surface area contributed by atoms with Crippen molar-refractivity contribution in [2.75, 3.05) is 25.4 Å². The van der Waals surface area contributed by atoms with Crippen LogP contribution in [0.25, 0.3) is 0 Å². The molecule has 0 unspecified atom stereocenters. The van der Waals surface area contributed by atoms with Crippen molar-refractivity contribution in [3.63, 3.8) is 0 Å². The number of sulfonamides is 1. The molecule has 98 valence electrons. The highest BCUT2D eigenvalue weighted by Crippen LogP contribution is 1.92. The van der Waals surface area contributed by atoms with Gasteiger partial charge in [0.25, 0.3) is 0 Å². The fraction of sp³-hybridized carbons (Fsp3) is 0.778. The molecule has 1 aromatic heterocycles. The average Bonchev–Trinajstić information content (AvgIpc) is 2.64. The van der Waals surface area contributed by atoms with Crippen LogP contribution in [0.15, 0.2) is 6.33 Å². The molecule has 8 heteroatoms. The first kappa shape index (κ1) is 14.1. The van der Waals surface area contributed by atoms with Crippen LogP contribution in [0.2, 0.25) is 0 Å². The van der Waals surface area contributed by atoms with E-state index in [2.05, 4.69) is 20.2 Å². The van der Waals surface area contributed by atoms with E-state index in [0.717, 1.165) is 12.4 Å². The Morgan fingerprint density at radius 3 is 2.76 bits per heavy atom. The Balaban J connectivity index is 2.28. The van der Waals surface area contributed by atoms with Crippen LogP contribution in [0.1, 0.15) is 12.7 Å². The molecule has 0 saturated heterocycles. The van der Waals surface area contributed by atoms with Crippen molar-refractivity contribution in [1.29, 1.82) is 0 Å². The molecule has 0 spiro atoms. The van der Waals surface area contributed by atoms with E-state index in [0.29, 0.717) is 19.5 Å². The molecule has 0 amide bonds. The molecule has 2 N–H and O–H groups in total. The molecule has 0 fully saturated rings. The van der Waals surface area contributed by atoms with E-state index in [1.165, 1.54) is 0 Å². The maximum atomic E-state index is 11.5. The highest BCUT2D eigenvalue weighted by Gasteiger charge is 2.09. The van der Waals surface area contributed by atoms with Gasteiger partial charge in [-0.15, -0.1) is 10.2 Å². The highest BCUT2D eigenvalue weighted by molar-refractivity contribution is 7.89. The summed E-state index contributed by atoms with van der Waals surface area (Å²) in [6.45, 7) is 3.53. The minimum atomic E-state index is -3.19. The van der Waals surface area contributed by atoms with Crippen molar-refractivity contribution < 1.29 is 8.42 Å². The average molecular weight is 261 g/mol. The highest BCUT2D eigenvalue weighted by atomic mass is 32.2. The third-order valence-electron chi connectivity index (χ3n) is 2.27. The predicted octanol–water partition coefficient (Wildman–Crippen LogP) is -1.11. The zero-order valence-electron chi connectivity index (χ0n) is 10.2. The van der Waals surface area contributed by atoms with Crippen molar-refractivity contribution in [3.8, 4) is 0 Å². The summed E-state index contributed by atoms with van der Waals surface area (Å²) in [6, 6.07) is 0. The minimum Gasteiger partial charge on any atom is -0.321 e. The molecule has 0 atom stereocenters. The Morgan fingerprint density at radius 1 is 1.41 bits per heavy atom. The summed E-state index contributed by atoms with van der Waals surface area (Å²) >= 11 is 0. The molecule has 1 heterocycles. The second kappa shape index (κ2) is 6.67. The van der Waals surface area contributed by atoms with Crippen molar-refractivity contribution >= 4 is 10.0 Å². The minimum absolute atomic E-state index is 0.0969. The summed E-state index contributed by atoms with van der Waals surface area (Å²) in [4.78, 5) is 0. The van der Waals surface area contributed by atoms with Crippen molar-refractivity contribution in [2.45, 2.75) is 13.3 Å². The molecular formula is C9H19N5O2S. The Kier molecular flexibility index (Phi) is 5.52. The van der Waals surface area contributed by atoms with Gasteiger partial charge in [0.15, 0.2) is 0 Å². The van der Waals surface area contributed by atoms with Crippen LogP contribution in [0.3, 0.4) is 0 Å². The lowest BCUT2D eigenvalue weighted by Crippen LogP contribution is -2.33. The van der Waals surface area contributed by atoms with Gasteiger partial charge in [0.2, 0.25) is 10.0 Å². The number of rotatable bonds is 8. The molecule has 0 aliphatic heterocycles. The van der Waals surface area contributed by atoms with Crippen LogP contribution in [0, 0.1) is 0 Å². The summed E-state index contributed by atoms with van der Waals surface area (Å²) < 4.78 is 27.4. The maximum absolute atomic E-state index is 11.5. The van der Waals surface area contributed by atoms with Crippen LogP contribution in [-0.2, 0) is 23.5 Å². The van der Waals surface area contributed by atoms with Crippen LogP contribution in [0.4, 0.5) is 0 Å². The number of aromatic nitrogens is 3. The lowest BCUT2D eigenvalue weighted by Gasteiger charge is -2.06. The van der Waals surface area contributed by atoms with E-state index < -0.39 is 10.0 Å². The largest absolute Gasteiger partial charge is 0.321 e. The normalized spacial score (nSPS) is 11.9. The van der Waals surface area contributed by atoms with Gasteiger partial charge in [0, 0.05) is 26.6 Å². The second-order valence-electron chi connectivity index (χ2n) is 3.67. The van der Waals surface area contributed by atoms with Gasteiger partial charge in [0.1, 0.15) is 12.2 Å². The number of nitrogens with one attached hydrogen (secondary N) is 2. The number of aryl methyl sites for hydroxylation is 1. The maximum Gasteiger partial charge on any atom is 0.212 e. The third kappa shape index (κ3) is 5.24. The summed E-state index contributed by atoms with van der Waals surface area (Å²) in [7, 11) is -1.36. The van der Waals surface area contributed by atoms with E-state index in [9.17, 15) is 8.42 Å². The Hall–Kier alpha value is -0.990.